The van der Waals surface area contributed by atoms with E-state index in [1.54, 1.807) is 0 Å². The van der Waals surface area contributed by atoms with Crippen LogP contribution in [0.1, 0.15) is 24.8 Å². The van der Waals surface area contributed by atoms with Gasteiger partial charge in [-0.15, -0.1) is 0 Å². The Labute approximate surface area is 124 Å². The van der Waals surface area contributed by atoms with E-state index in [4.69, 9.17) is 17.3 Å². The van der Waals surface area contributed by atoms with E-state index in [-0.39, 0.29) is 11.8 Å². The lowest BCUT2D eigenvalue weighted by Gasteiger charge is -2.22. The quantitative estimate of drug-likeness (QED) is 0.872. The summed E-state index contributed by atoms with van der Waals surface area (Å²) < 4.78 is 0. The molecule has 2 aliphatic rings. The second kappa shape index (κ2) is 5.62. The number of carbonyl (C=O) groups is 1. The minimum atomic E-state index is -0.195. The van der Waals surface area contributed by atoms with Crippen molar-refractivity contribution in [2.75, 3.05) is 18.0 Å². The molecule has 0 aromatic heterocycles. The number of halogens is 1. The molecule has 3 N–H and O–H groups in total. The monoisotopic (exact) mass is 293 g/mol. The van der Waals surface area contributed by atoms with Gasteiger partial charge in [-0.1, -0.05) is 11.6 Å². The number of anilines is 1. The van der Waals surface area contributed by atoms with Crippen LogP contribution in [-0.2, 0) is 11.3 Å². The predicted octanol–water partition coefficient (Wildman–Crippen LogP) is 1.90. The van der Waals surface area contributed by atoms with Gasteiger partial charge in [0.1, 0.15) is 0 Å². The van der Waals surface area contributed by atoms with Crippen molar-refractivity contribution in [1.29, 1.82) is 0 Å². The summed E-state index contributed by atoms with van der Waals surface area (Å²) in [6.45, 7) is 2.43. The molecule has 1 aromatic rings. The lowest BCUT2D eigenvalue weighted by Crippen LogP contribution is -2.28. The van der Waals surface area contributed by atoms with Crippen LogP contribution >= 0.6 is 11.6 Å². The highest BCUT2D eigenvalue weighted by Gasteiger charge is 2.28. The van der Waals surface area contributed by atoms with Gasteiger partial charge < -0.3 is 16.0 Å². The molecule has 5 heteroatoms. The molecule has 3 rings (SSSR count). The first-order chi connectivity index (χ1) is 9.63. The average molecular weight is 294 g/mol. The molecule has 1 amide bonds. The molecule has 1 heterocycles. The Bertz CT molecular complexity index is 516. The van der Waals surface area contributed by atoms with Crippen LogP contribution in [0.3, 0.4) is 0 Å². The van der Waals surface area contributed by atoms with Crippen molar-refractivity contribution in [2.45, 2.75) is 31.8 Å². The summed E-state index contributed by atoms with van der Waals surface area (Å²) in [4.78, 5) is 13.5. The number of benzene rings is 1. The Balaban J connectivity index is 1.75. The number of hydrogen-bond donors (Lipinski definition) is 2. The normalized spacial score (nSPS) is 22.2. The molecule has 1 atom stereocenters. The third kappa shape index (κ3) is 3.07. The van der Waals surface area contributed by atoms with Crippen molar-refractivity contribution in [3.05, 3.63) is 28.8 Å². The Morgan fingerprint density at radius 2 is 2.20 bits per heavy atom. The Morgan fingerprint density at radius 1 is 1.40 bits per heavy atom. The number of rotatable bonds is 5. The molecule has 2 fully saturated rings. The first kappa shape index (κ1) is 13.7. The highest BCUT2D eigenvalue weighted by molar-refractivity contribution is 6.30. The van der Waals surface area contributed by atoms with Crippen LogP contribution in [0.4, 0.5) is 5.69 Å². The van der Waals surface area contributed by atoms with E-state index in [1.165, 1.54) is 24.1 Å². The van der Waals surface area contributed by atoms with Crippen LogP contribution in [0.5, 0.6) is 0 Å². The van der Waals surface area contributed by atoms with Crippen molar-refractivity contribution in [3.63, 3.8) is 0 Å². The number of nitrogens with two attached hydrogens (primary N) is 1. The minimum absolute atomic E-state index is 0.0325. The maximum absolute atomic E-state index is 11.3. The average Bonchev–Trinajstić information content (AvgIpc) is 3.11. The van der Waals surface area contributed by atoms with Gasteiger partial charge in [0.2, 0.25) is 5.91 Å². The summed E-state index contributed by atoms with van der Waals surface area (Å²) in [6.07, 6.45) is 3.38. The Morgan fingerprint density at radius 3 is 2.85 bits per heavy atom. The van der Waals surface area contributed by atoms with E-state index < -0.39 is 0 Å². The lowest BCUT2D eigenvalue weighted by molar-refractivity contribution is -0.121. The standard InChI is InChI=1S/C15H20ClN3O/c16-12-1-4-14(11(7-12)8-18-13-2-3-13)19-6-5-10(9-19)15(17)20/h1,4,7,10,13,18H,2-3,5-6,8-9H2,(H2,17,20). The summed E-state index contributed by atoms with van der Waals surface area (Å²) in [5, 5.41) is 4.28. The maximum atomic E-state index is 11.3. The van der Waals surface area contributed by atoms with Crippen LogP contribution in [0, 0.1) is 5.92 Å². The van der Waals surface area contributed by atoms with Gasteiger partial charge in [0.05, 0.1) is 5.92 Å². The molecular formula is C15H20ClN3O. The second-order valence-electron chi connectivity index (χ2n) is 5.76. The zero-order chi connectivity index (χ0) is 14.1. The van der Waals surface area contributed by atoms with Gasteiger partial charge in [0.15, 0.2) is 0 Å². The molecule has 20 heavy (non-hydrogen) atoms. The molecule has 1 aromatic carbocycles. The topological polar surface area (TPSA) is 58.4 Å². The number of hydrogen-bond acceptors (Lipinski definition) is 3. The largest absolute Gasteiger partial charge is 0.370 e. The minimum Gasteiger partial charge on any atom is -0.370 e. The van der Waals surface area contributed by atoms with Crippen molar-refractivity contribution in [2.24, 2.45) is 11.7 Å². The van der Waals surface area contributed by atoms with Crippen molar-refractivity contribution >= 4 is 23.2 Å². The second-order valence-corrected chi connectivity index (χ2v) is 6.20. The van der Waals surface area contributed by atoms with Gasteiger partial charge in [-0.2, -0.15) is 0 Å². The van der Waals surface area contributed by atoms with Crippen LogP contribution in [0.15, 0.2) is 18.2 Å². The van der Waals surface area contributed by atoms with Crippen molar-refractivity contribution in [1.82, 2.24) is 5.32 Å². The molecule has 1 saturated carbocycles. The van der Waals surface area contributed by atoms with E-state index in [0.29, 0.717) is 12.6 Å². The summed E-state index contributed by atoms with van der Waals surface area (Å²) >= 11 is 6.11. The van der Waals surface area contributed by atoms with Crippen molar-refractivity contribution in [3.8, 4) is 0 Å². The molecular weight excluding hydrogens is 274 g/mol. The fourth-order valence-corrected chi connectivity index (χ4v) is 2.95. The first-order valence-corrected chi connectivity index (χ1v) is 7.57. The third-order valence-corrected chi connectivity index (χ3v) is 4.37. The van der Waals surface area contributed by atoms with E-state index in [2.05, 4.69) is 16.3 Å². The summed E-state index contributed by atoms with van der Waals surface area (Å²) in [7, 11) is 0. The smallest absolute Gasteiger partial charge is 0.222 e. The number of primary amides is 1. The van der Waals surface area contributed by atoms with E-state index in [0.717, 1.165) is 24.5 Å². The number of nitrogens with zero attached hydrogens (tertiary/aromatic N) is 1. The molecule has 0 spiro atoms. The molecule has 4 nitrogen and oxygen atoms in total. The SMILES string of the molecule is NC(=O)C1CCN(c2ccc(Cl)cc2CNC2CC2)C1. The molecule has 1 aliphatic heterocycles. The highest BCUT2D eigenvalue weighted by Crippen LogP contribution is 2.30. The molecule has 108 valence electrons. The Hall–Kier alpha value is -1.26. The molecule has 1 saturated heterocycles. The van der Waals surface area contributed by atoms with E-state index >= 15 is 0 Å². The van der Waals surface area contributed by atoms with Crippen LogP contribution < -0.4 is 16.0 Å². The Kier molecular flexibility index (Phi) is 3.85. The van der Waals surface area contributed by atoms with Gasteiger partial charge in [0, 0.05) is 36.4 Å². The fourth-order valence-electron chi connectivity index (χ4n) is 2.76. The number of amides is 1. The van der Waals surface area contributed by atoms with E-state index in [9.17, 15) is 4.79 Å². The van der Waals surface area contributed by atoms with Crippen LogP contribution in [0.2, 0.25) is 5.02 Å². The van der Waals surface area contributed by atoms with Crippen LogP contribution in [0.25, 0.3) is 0 Å². The van der Waals surface area contributed by atoms with Crippen LogP contribution in [-0.4, -0.2) is 25.0 Å². The summed E-state index contributed by atoms with van der Waals surface area (Å²) in [5.74, 6) is -0.228. The summed E-state index contributed by atoms with van der Waals surface area (Å²) in [6, 6.07) is 6.65. The molecule has 0 bridgehead atoms. The van der Waals surface area contributed by atoms with Gasteiger partial charge in [-0.3, -0.25) is 4.79 Å². The van der Waals surface area contributed by atoms with Gasteiger partial charge in [-0.25, -0.2) is 0 Å². The predicted molar refractivity (Wildman–Crippen MR) is 80.8 cm³/mol. The maximum Gasteiger partial charge on any atom is 0.222 e. The molecule has 0 radical (unpaired) electrons. The van der Waals surface area contributed by atoms with Crippen molar-refractivity contribution < 1.29 is 4.79 Å². The zero-order valence-corrected chi connectivity index (χ0v) is 12.2. The zero-order valence-electron chi connectivity index (χ0n) is 11.4. The first-order valence-electron chi connectivity index (χ1n) is 7.19. The third-order valence-electron chi connectivity index (χ3n) is 4.13. The van der Waals surface area contributed by atoms with Gasteiger partial charge in [0.25, 0.3) is 0 Å². The van der Waals surface area contributed by atoms with Gasteiger partial charge >= 0.3 is 0 Å². The summed E-state index contributed by atoms with van der Waals surface area (Å²) in [5.41, 5.74) is 7.78. The van der Waals surface area contributed by atoms with Gasteiger partial charge in [-0.05, 0) is 43.0 Å². The lowest BCUT2D eigenvalue weighted by atomic mass is 10.1. The molecule has 1 aliphatic carbocycles. The molecule has 1 unspecified atom stereocenters. The highest BCUT2D eigenvalue weighted by atomic mass is 35.5. The number of nitrogens with one attached hydrogen (secondary N) is 1. The number of carbonyl (C=O) groups excluding carboxylic acids is 1. The fraction of sp³-hybridized carbons (Fsp3) is 0.533. The van der Waals surface area contributed by atoms with E-state index in [1.807, 2.05) is 12.1 Å².